The minimum atomic E-state index is -0.623. The topological polar surface area (TPSA) is 110 Å². The van der Waals surface area contributed by atoms with Gasteiger partial charge in [0, 0.05) is 23.6 Å². The van der Waals surface area contributed by atoms with E-state index in [-0.39, 0.29) is 12.5 Å². The van der Waals surface area contributed by atoms with Crippen LogP contribution in [0, 0.1) is 6.92 Å². The van der Waals surface area contributed by atoms with Crippen LogP contribution in [0.4, 0.5) is 11.4 Å². The summed E-state index contributed by atoms with van der Waals surface area (Å²) in [6, 6.07) is 6.29. The minimum Gasteiger partial charge on any atom is -0.399 e. The molecule has 0 spiro atoms. The molecule has 0 unspecified atom stereocenters. The van der Waals surface area contributed by atoms with Crippen LogP contribution in [0.15, 0.2) is 40.1 Å². The van der Waals surface area contributed by atoms with Crippen molar-refractivity contribution in [1.82, 2.24) is 9.55 Å². The van der Waals surface area contributed by atoms with Crippen LogP contribution < -0.4 is 22.3 Å². The molecule has 0 fully saturated rings. The van der Waals surface area contributed by atoms with Crippen molar-refractivity contribution >= 4 is 17.3 Å². The van der Waals surface area contributed by atoms with E-state index >= 15 is 0 Å². The third-order valence-electron chi connectivity index (χ3n) is 2.74. The van der Waals surface area contributed by atoms with E-state index in [1.807, 2.05) is 6.92 Å². The zero-order valence-corrected chi connectivity index (χ0v) is 10.8. The first-order valence-electron chi connectivity index (χ1n) is 5.91. The van der Waals surface area contributed by atoms with Crippen LogP contribution in [-0.4, -0.2) is 15.5 Å². The molecule has 7 heteroatoms. The largest absolute Gasteiger partial charge is 0.399 e. The molecule has 1 amide bonds. The Balaban J connectivity index is 2.13. The van der Waals surface area contributed by atoms with E-state index in [0.29, 0.717) is 11.4 Å². The van der Waals surface area contributed by atoms with Gasteiger partial charge in [-0.2, -0.15) is 0 Å². The smallest absolute Gasteiger partial charge is 0.328 e. The van der Waals surface area contributed by atoms with Gasteiger partial charge in [-0.05, 0) is 30.7 Å². The number of amides is 1. The molecule has 4 N–H and O–H groups in total. The van der Waals surface area contributed by atoms with Gasteiger partial charge in [0.25, 0.3) is 5.56 Å². The normalized spacial score (nSPS) is 10.2. The SMILES string of the molecule is Cc1cc(N)ccc1NC(=O)Cn1ccc(=O)[nH]c1=O. The predicted molar refractivity (Wildman–Crippen MR) is 75.5 cm³/mol. The number of nitrogens with one attached hydrogen (secondary N) is 2. The number of benzene rings is 1. The van der Waals surface area contributed by atoms with Gasteiger partial charge in [-0.25, -0.2) is 4.79 Å². The fourth-order valence-electron chi connectivity index (χ4n) is 1.74. The van der Waals surface area contributed by atoms with Crippen LogP contribution >= 0.6 is 0 Å². The summed E-state index contributed by atoms with van der Waals surface area (Å²) >= 11 is 0. The van der Waals surface area contributed by atoms with E-state index in [9.17, 15) is 14.4 Å². The Labute approximate surface area is 114 Å². The molecule has 2 aromatic rings. The lowest BCUT2D eigenvalue weighted by atomic mass is 10.2. The zero-order valence-electron chi connectivity index (χ0n) is 10.8. The van der Waals surface area contributed by atoms with Crippen LogP contribution in [0.5, 0.6) is 0 Å². The number of nitrogens with two attached hydrogens (primary N) is 1. The molecule has 1 aromatic carbocycles. The summed E-state index contributed by atoms with van der Waals surface area (Å²) in [6.07, 6.45) is 1.27. The monoisotopic (exact) mass is 274 g/mol. The van der Waals surface area contributed by atoms with Crippen LogP contribution in [0.3, 0.4) is 0 Å². The zero-order chi connectivity index (χ0) is 14.7. The first-order chi connectivity index (χ1) is 9.45. The second-order valence-corrected chi connectivity index (χ2v) is 4.36. The maximum absolute atomic E-state index is 11.9. The standard InChI is InChI=1S/C13H14N4O3/c1-8-6-9(14)2-3-10(8)15-12(19)7-17-5-4-11(18)16-13(17)20/h2-6H,7,14H2,1H3,(H,15,19)(H,16,18,20). The average Bonchev–Trinajstić information content (AvgIpc) is 2.36. The predicted octanol–water partition coefficient (Wildman–Crippen LogP) is 0.0659. The van der Waals surface area contributed by atoms with Crippen molar-refractivity contribution in [3.63, 3.8) is 0 Å². The summed E-state index contributed by atoms with van der Waals surface area (Å²) in [5, 5.41) is 2.68. The molecule has 0 aliphatic carbocycles. The van der Waals surface area contributed by atoms with E-state index in [1.54, 1.807) is 18.2 Å². The molecule has 0 atom stereocenters. The molecular weight excluding hydrogens is 260 g/mol. The van der Waals surface area contributed by atoms with Gasteiger partial charge in [-0.15, -0.1) is 0 Å². The van der Waals surface area contributed by atoms with Crippen molar-refractivity contribution in [2.75, 3.05) is 11.1 Å². The second kappa shape index (κ2) is 5.43. The lowest BCUT2D eigenvalue weighted by Crippen LogP contribution is -2.32. The van der Waals surface area contributed by atoms with Gasteiger partial charge >= 0.3 is 5.69 Å². The first-order valence-corrected chi connectivity index (χ1v) is 5.91. The number of aromatic nitrogens is 2. The van der Waals surface area contributed by atoms with Crippen molar-refractivity contribution in [2.24, 2.45) is 0 Å². The number of hydrogen-bond donors (Lipinski definition) is 3. The highest BCUT2D eigenvalue weighted by Gasteiger charge is 2.07. The van der Waals surface area contributed by atoms with Gasteiger partial charge in [0.2, 0.25) is 5.91 Å². The maximum Gasteiger partial charge on any atom is 0.328 e. The molecule has 1 heterocycles. The van der Waals surface area contributed by atoms with Crippen molar-refractivity contribution in [2.45, 2.75) is 13.5 Å². The highest BCUT2D eigenvalue weighted by Crippen LogP contribution is 2.17. The number of aromatic amines is 1. The number of aryl methyl sites for hydroxylation is 1. The fraction of sp³-hybridized carbons (Fsp3) is 0.154. The van der Waals surface area contributed by atoms with Crippen molar-refractivity contribution in [3.05, 3.63) is 56.9 Å². The lowest BCUT2D eigenvalue weighted by molar-refractivity contribution is -0.116. The summed E-state index contributed by atoms with van der Waals surface area (Å²) in [5.41, 5.74) is 6.56. The highest BCUT2D eigenvalue weighted by molar-refractivity contribution is 5.91. The van der Waals surface area contributed by atoms with Crippen LogP contribution in [-0.2, 0) is 11.3 Å². The highest BCUT2D eigenvalue weighted by atomic mass is 16.2. The van der Waals surface area contributed by atoms with Crippen LogP contribution in [0.1, 0.15) is 5.56 Å². The Hall–Kier alpha value is -2.83. The van der Waals surface area contributed by atoms with Crippen LogP contribution in [0.25, 0.3) is 0 Å². The Bertz CT molecular complexity index is 761. The quantitative estimate of drug-likeness (QED) is 0.688. The number of anilines is 2. The molecule has 0 saturated heterocycles. The Morgan fingerprint density at radius 1 is 1.35 bits per heavy atom. The van der Waals surface area contributed by atoms with Crippen molar-refractivity contribution < 1.29 is 4.79 Å². The number of nitrogens with zero attached hydrogens (tertiary/aromatic N) is 1. The molecule has 0 radical (unpaired) electrons. The molecule has 20 heavy (non-hydrogen) atoms. The molecule has 7 nitrogen and oxygen atoms in total. The third kappa shape index (κ3) is 3.14. The van der Waals surface area contributed by atoms with Crippen molar-refractivity contribution in [3.8, 4) is 0 Å². The summed E-state index contributed by atoms with van der Waals surface area (Å²) < 4.78 is 1.11. The minimum absolute atomic E-state index is 0.181. The summed E-state index contributed by atoms with van der Waals surface area (Å²) in [5.74, 6) is -0.368. The molecular formula is C13H14N4O3. The Kier molecular flexibility index (Phi) is 3.69. The van der Waals surface area contributed by atoms with Gasteiger partial charge in [-0.3, -0.25) is 19.1 Å². The van der Waals surface area contributed by atoms with Gasteiger partial charge in [0.15, 0.2) is 0 Å². The van der Waals surface area contributed by atoms with Gasteiger partial charge in [-0.1, -0.05) is 0 Å². The van der Waals surface area contributed by atoms with Gasteiger partial charge in [0.1, 0.15) is 6.54 Å². The fourth-order valence-corrected chi connectivity index (χ4v) is 1.74. The van der Waals surface area contributed by atoms with E-state index < -0.39 is 11.2 Å². The number of rotatable bonds is 3. The van der Waals surface area contributed by atoms with E-state index in [2.05, 4.69) is 10.3 Å². The average molecular weight is 274 g/mol. The van der Waals surface area contributed by atoms with Crippen LogP contribution in [0.2, 0.25) is 0 Å². The van der Waals surface area contributed by atoms with Gasteiger partial charge < -0.3 is 11.1 Å². The van der Waals surface area contributed by atoms with Crippen molar-refractivity contribution in [1.29, 1.82) is 0 Å². The van der Waals surface area contributed by atoms with E-state index in [4.69, 9.17) is 5.73 Å². The molecule has 0 bridgehead atoms. The molecule has 104 valence electrons. The molecule has 0 aliphatic rings. The maximum atomic E-state index is 11.9. The van der Waals surface area contributed by atoms with Gasteiger partial charge in [0.05, 0.1) is 0 Å². The Morgan fingerprint density at radius 2 is 2.10 bits per heavy atom. The summed E-state index contributed by atoms with van der Waals surface area (Å²) in [7, 11) is 0. The Morgan fingerprint density at radius 3 is 2.75 bits per heavy atom. The second-order valence-electron chi connectivity index (χ2n) is 4.36. The first kappa shape index (κ1) is 13.6. The number of carbonyl (C=O) groups excluding carboxylic acids is 1. The number of H-pyrrole nitrogens is 1. The van der Waals surface area contributed by atoms with E-state index in [0.717, 1.165) is 10.1 Å². The third-order valence-corrected chi connectivity index (χ3v) is 2.74. The summed E-state index contributed by atoms with van der Waals surface area (Å²) in [4.78, 5) is 36.3. The number of nitrogen functional groups attached to an aromatic ring is 1. The molecule has 0 aliphatic heterocycles. The molecule has 2 rings (SSSR count). The summed E-state index contributed by atoms with van der Waals surface area (Å²) in [6.45, 7) is 1.64. The molecule has 1 aromatic heterocycles. The lowest BCUT2D eigenvalue weighted by Gasteiger charge is -2.09. The number of carbonyl (C=O) groups is 1. The number of hydrogen-bond acceptors (Lipinski definition) is 4. The van der Waals surface area contributed by atoms with E-state index in [1.165, 1.54) is 12.3 Å². The molecule has 0 saturated carbocycles.